The van der Waals surface area contributed by atoms with Crippen LogP contribution in [0.5, 0.6) is 0 Å². The van der Waals surface area contributed by atoms with Gasteiger partial charge in [-0.15, -0.1) is 11.6 Å². The first kappa shape index (κ1) is 13.8. The Morgan fingerprint density at radius 1 is 1.56 bits per heavy atom. The summed E-state index contributed by atoms with van der Waals surface area (Å²) in [6.07, 6.45) is 2.95. The molecule has 0 radical (unpaired) electrons. The molecule has 1 amide bonds. The van der Waals surface area contributed by atoms with Crippen molar-refractivity contribution >= 4 is 17.5 Å². The van der Waals surface area contributed by atoms with Gasteiger partial charge in [-0.1, -0.05) is 0 Å². The molecule has 1 saturated heterocycles. The summed E-state index contributed by atoms with van der Waals surface area (Å²) in [5, 5.41) is 8.92. The van der Waals surface area contributed by atoms with Crippen LogP contribution < -0.4 is 0 Å². The maximum atomic E-state index is 12.2. The molecule has 1 heterocycles. The molecule has 0 spiro atoms. The number of hydrogen-bond acceptors (Lipinski definition) is 2. The summed E-state index contributed by atoms with van der Waals surface area (Å²) in [4.78, 5) is 14.1. The van der Waals surface area contributed by atoms with Crippen LogP contribution in [0.1, 0.15) is 33.1 Å². The standard InChI is InChI=1S/C12H22ClNO2/c1-12(2,9-13)11(16)14-6-3-4-10(8-14)5-7-15/h10,15H,3-9H2,1-2H3. The normalized spacial score (nSPS) is 22.2. The highest BCUT2D eigenvalue weighted by Gasteiger charge is 2.33. The third kappa shape index (κ3) is 3.36. The Balaban J connectivity index is 2.56. The van der Waals surface area contributed by atoms with Crippen molar-refractivity contribution in [2.24, 2.45) is 11.3 Å². The lowest BCUT2D eigenvalue weighted by Gasteiger charge is -2.37. The van der Waals surface area contributed by atoms with Gasteiger partial charge in [-0.25, -0.2) is 0 Å². The predicted molar refractivity (Wildman–Crippen MR) is 65.5 cm³/mol. The maximum Gasteiger partial charge on any atom is 0.229 e. The van der Waals surface area contributed by atoms with Crippen molar-refractivity contribution in [3.8, 4) is 0 Å². The average Bonchev–Trinajstić information content (AvgIpc) is 2.29. The molecule has 4 heteroatoms. The van der Waals surface area contributed by atoms with Crippen LogP contribution in [-0.4, -0.2) is 41.5 Å². The lowest BCUT2D eigenvalue weighted by molar-refractivity contribution is -0.141. The van der Waals surface area contributed by atoms with Gasteiger partial charge in [0, 0.05) is 25.6 Å². The number of carbonyl (C=O) groups is 1. The molecular weight excluding hydrogens is 226 g/mol. The van der Waals surface area contributed by atoms with E-state index >= 15 is 0 Å². The van der Waals surface area contributed by atoms with Crippen LogP contribution in [0.2, 0.25) is 0 Å². The van der Waals surface area contributed by atoms with Crippen LogP contribution in [0.25, 0.3) is 0 Å². The summed E-state index contributed by atoms with van der Waals surface area (Å²) in [5.74, 6) is 0.950. The molecule has 1 atom stereocenters. The van der Waals surface area contributed by atoms with Gasteiger partial charge in [-0.2, -0.15) is 0 Å². The number of nitrogens with zero attached hydrogens (tertiary/aromatic N) is 1. The van der Waals surface area contributed by atoms with Crippen molar-refractivity contribution in [3.05, 3.63) is 0 Å². The minimum Gasteiger partial charge on any atom is -0.396 e. The van der Waals surface area contributed by atoms with Crippen LogP contribution in [-0.2, 0) is 4.79 Å². The fraction of sp³-hybridized carbons (Fsp3) is 0.917. The van der Waals surface area contributed by atoms with Crippen molar-refractivity contribution in [2.45, 2.75) is 33.1 Å². The van der Waals surface area contributed by atoms with E-state index in [1.54, 1.807) is 0 Å². The molecule has 3 nitrogen and oxygen atoms in total. The zero-order valence-electron chi connectivity index (χ0n) is 10.2. The molecule has 1 aliphatic rings. The minimum atomic E-state index is -0.470. The Morgan fingerprint density at radius 3 is 2.81 bits per heavy atom. The second-order valence-corrected chi connectivity index (χ2v) is 5.56. The van der Waals surface area contributed by atoms with E-state index in [4.69, 9.17) is 16.7 Å². The van der Waals surface area contributed by atoms with E-state index in [2.05, 4.69) is 0 Å². The molecule has 0 aromatic rings. The first-order valence-electron chi connectivity index (χ1n) is 5.97. The number of aliphatic hydroxyl groups excluding tert-OH is 1. The van der Waals surface area contributed by atoms with E-state index in [-0.39, 0.29) is 12.5 Å². The summed E-state index contributed by atoms with van der Waals surface area (Å²) in [6.45, 7) is 5.60. The van der Waals surface area contributed by atoms with Crippen molar-refractivity contribution in [1.29, 1.82) is 0 Å². The molecule has 16 heavy (non-hydrogen) atoms. The van der Waals surface area contributed by atoms with Crippen molar-refractivity contribution in [1.82, 2.24) is 4.90 Å². The van der Waals surface area contributed by atoms with Gasteiger partial charge in [0.15, 0.2) is 0 Å². The average molecular weight is 248 g/mol. The largest absolute Gasteiger partial charge is 0.396 e. The van der Waals surface area contributed by atoms with Crippen LogP contribution >= 0.6 is 11.6 Å². The lowest BCUT2D eigenvalue weighted by atomic mass is 9.90. The Hall–Kier alpha value is -0.280. The van der Waals surface area contributed by atoms with Crippen molar-refractivity contribution < 1.29 is 9.90 Å². The van der Waals surface area contributed by atoms with E-state index in [1.807, 2.05) is 18.7 Å². The van der Waals surface area contributed by atoms with Gasteiger partial charge in [-0.3, -0.25) is 4.79 Å². The van der Waals surface area contributed by atoms with E-state index in [9.17, 15) is 4.79 Å². The third-order valence-corrected chi connectivity index (χ3v) is 3.92. The quantitative estimate of drug-likeness (QED) is 0.771. The molecular formula is C12H22ClNO2. The predicted octanol–water partition coefficient (Wildman–Crippen LogP) is 1.87. The number of amides is 1. The number of halogens is 1. The second-order valence-electron chi connectivity index (χ2n) is 5.29. The smallest absolute Gasteiger partial charge is 0.229 e. The fourth-order valence-electron chi connectivity index (χ4n) is 2.15. The van der Waals surface area contributed by atoms with Gasteiger partial charge in [0.2, 0.25) is 5.91 Å². The van der Waals surface area contributed by atoms with E-state index in [0.29, 0.717) is 11.8 Å². The number of piperidine rings is 1. The number of carbonyl (C=O) groups excluding carboxylic acids is 1. The maximum absolute atomic E-state index is 12.2. The van der Waals surface area contributed by atoms with E-state index < -0.39 is 5.41 Å². The Labute approximate surface area is 103 Å². The van der Waals surface area contributed by atoms with Gasteiger partial charge in [0.25, 0.3) is 0 Å². The van der Waals surface area contributed by atoms with E-state index in [1.165, 1.54) is 0 Å². The van der Waals surface area contributed by atoms with Crippen LogP contribution in [0.3, 0.4) is 0 Å². The molecule has 0 aromatic heterocycles. The molecule has 0 aliphatic carbocycles. The number of hydrogen-bond donors (Lipinski definition) is 1. The summed E-state index contributed by atoms with van der Waals surface area (Å²) >= 11 is 5.82. The second kappa shape index (κ2) is 5.87. The third-order valence-electron chi connectivity index (χ3n) is 3.26. The highest BCUT2D eigenvalue weighted by Crippen LogP contribution is 2.26. The zero-order chi connectivity index (χ0) is 12.2. The van der Waals surface area contributed by atoms with Gasteiger partial charge < -0.3 is 10.0 Å². The first-order chi connectivity index (χ1) is 7.51. The Morgan fingerprint density at radius 2 is 2.25 bits per heavy atom. The number of aliphatic hydroxyl groups is 1. The Bertz CT molecular complexity index is 241. The Kier molecular flexibility index (Phi) is 5.06. The van der Waals surface area contributed by atoms with Gasteiger partial charge in [0.05, 0.1) is 5.41 Å². The van der Waals surface area contributed by atoms with Crippen LogP contribution in [0.4, 0.5) is 0 Å². The summed E-state index contributed by atoms with van der Waals surface area (Å²) < 4.78 is 0. The molecule has 94 valence electrons. The van der Waals surface area contributed by atoms with Crippen molar-refractivity contribution in [2.75, 3.05) is 25.6 Å². The highest BCUT2D eigenvalue weighted by molar-refractivity contribution is 6.19. The molecule has 0 bridgehead atoms. The number of alkyl halides is 1. The summed E-state index contributed by atoms with van der Waals surface area (Å²) in [6, 6.07) is 0. The summed E-state index contributed by atoms with van der Waals surface area (Å²) in [7, 11) is 0. The SMILES string of the molecule is CC(C)(CCl)C(=O)N1CCCC(CCO)C1. The number of rotatable bonds is 4. The number of likely N-dealkylation sites (tertiary alicyclic amines) is 1. The molecule has 1 aliphatic heterocycles. The van der Waals surface area contributed by atoms with Crippen LogP contribution in [0.15, 0.2) is 0 Å². The highest BCUT2D eigenvalue weighted by atomic mass is 35.5. The monoisotopic (exact) mass is 247 g/mol. The summed E-state index contributed by atoms with van der Waals surface area (Å²) in [5.41, 5.74) is -0.470. The topological polar surface area (TPSA) is 40.5 Å². The fourth-order valence-corrected chi connectivity index (χ4v) is 2.27. The first-order valence-corrected chi connectivity index (χ1v) is 6.51. The molecule has 1 rings (SSSR count). The van der Waals surface area contributed by atoms with Crippen molar-refractivity contribution in [3.63, 3.8) is 0 Å². The molecule has 1 unspecified atom stereocenters. The van der Waals surface area contributed by atoms with Crippen LogP contribution in [0, 0.1) is 11.3 Å². The molecule has 0 saturated carbocycles. The zero-order valence-corrected chi connectivity index (χ0v) is 11.0. The molecule has 0 aromatic carbocycles. The lowest BCUT2D eigenvalue weighted by Crippen LogP contribution is -2.46. The molecule has 1 fully saturated rings. The van der Waals surface area contributed by atoms with E-state index in [0.717, 1.165) is 32.4 Å². The van der Waals surface area contributed by atoms with Gasteiger partial charge in [-0.05, 0) is 39.0 Å². The van der Waals surface area contributed by atoms with Gasteiger partial charge >= 0.3 is 0 Å². The minimum absolute atomic E-state index is 0.144. The molecule has 1 N–H and O–H groups in total. The van der Waals surface area contributed by atoms with Gasteiger partial charge in [0.1, 0.15) is 0 Å².